The number of aromatic nitrogens is 2. The van der Waals surface area contributed by atoms with Crippen LogP contribution >= 0.6 is 0 Å². The summed E-state index contributed by atoms with van der Waals surface area (Å²) in [4.78, 5) is 19.3. The van der Waals surface area contributed by atoms with Gasteiger partial charge >= 0.3 is 0 Å². The molecule has 0 radical (unpaired) electrons. The van der Waals surface area contributed by atoms with Gasteiger partial charge in [-0.15, -0.1) is 0 Å². The Morgan fingerprint density at radius 1 is 1.18 bits per heavy atom. The number of primary amides is 1. The highest BCUT2D eigenvalue weighted by atomic mass is 32.2. The molecule has 1 saturated carbocycles. The smallest absolute Gasteiger partial charge is 0.248 e. The zero-order valence-corrected chi connectivity index (χ0v) is 19.1. The molecular weight excluding hydrogens is 436 g/mol. The fraction of sp³-hybridized carbons (Fsp3) is 0.280. The second kappa shape index (κ2) is 7.97. The molecule has 1 fully saturated rings. The summed E-state index contributed by atoms with van der Waals surface area (Å²) >= 11 is 0. The van der Waals surface area contributed by atoms with Crippen LogP contribution in [0.5, 0.6) is 0 Å². The first-order valence-corrected chi connectivity index (χ1v) is 12.5. The van der Waals surface area contributed by atoms with Gasteiger partial charge < -0.3 is 10.7 Å². The first-order valence-electron chi connectivity index (χ1n) is 11.0. The number of allylic oxidation sites excluding steroid dienone is 3. The van der Waals surface area contributed by atoms with E-state index in [4.69, 9.17) is 5.73 Å². The number of nitrogens with one attached hydrogen (secondary N) is 2. The number of carbonyl (C=O) groups is 1. The number of nitrogens with zero attached hydrogens (tertiary/aromatic N) is 1. The molecule has 8 heteroatoms. The Morgan fingerprint density at radius 3 is 2.73 bits per heavy atom. The van der Waals surface area contributed by atoms with E-state index in [2.05, 4.69) is 39.8 Å². The second-order valence-corrected chi connectivity index (χ2v) is 10.8. The topological polar surface area (TPSA) is 118 Å². The fourth-order valence-electron chi connectivity index (χ4n) is 5.01. The number of aromatic amines is 1. The van der Waals surface area contributed by atoms with Crippen LogP contribution < -0.4 is 10.5 Å². The maximum atomic E-state index is 13.1. The number of hydrogen-bond donors (Lipinski definition) is 3. The minimum atomic E-state index is -3.67. The molecule has 0 bridgehead atoms. The van der Waals surface area contributed by atoms with Crippen molar-refractivity contribution in [1.82, 2.24) is 14.7 Å². The van der Waals surface area contributed by atoms with Crippen molar-refractivity contribution in [3.63, 3.8) is 0 Å². The summed E-state index contributed by atoms with van der Waals surface area (Å²) in [6, 6.07) is 11.5. The van der Waals surface area contributed by atoms with Crippen molar-refractivity contribution in [3.8, 4) is 11.4 Å². The minimum absolute atomic E-state index is 0.0142. The van der Waals surface area contributed by atoms with E-state index < -0.39 is 15.9 Å². The van der Waals surface area contributed by atoms with E-state index in [-0.39, 0.29) is 22.3 Å². The monoisotopic (exact) mass is 462 g/mol. The lowest BCUT2D eigenvalue weighted by molar-refractivity contribution is 0.100. The summed E-state index contributed by atoms with van der Waals surface area (Å²) in [5, 5.41) is 0. The molecule has 7 nitrogen and oxygen atoms in total. The Hall–Kier alpha value is -3.23. The maximum Gasteiger partial charge on any atom is 0.248 e. The molecule has 5 rings (SSSR count). The fourth-order valence-corrected chi connectivity index (χ4v) is 6.30. The van der Waals surface area contributed by atoms with Crippen LogP contribution in [0.4, 0.5) is 0 Å². The number of rotatable bonds is 5. The lowest BCUT2D eigenvalue weighted by Gasteiger charge is -2.44. The van der Waals surface area contributed by atoms with Crippen LogP contribution in [-0.2, 0) is 10.0 Å². The highest BCUT2D eigenvalue weighted by Crippen LogP contribution is 2.45. The maximum absolute atomic E-state index is 13.1. The molecule has 2 aromatic carbocycles. The van der Waals surface area contributed by atoms with E-state index in [1.807, 2.05) is 6.08 Å². The van der Waals surface area contributed by atoms with Crippen LogP contribution in [0.1, 0.15) is 36.5 Å². The van der Waals surface area contributed by atoms with Gasteiger partial charge in [-0.2, -0.15) is 0 Å². The summed E-state index contributed by atoms with van der Waals surface area (Å²) < 4.78 is 29.3. The summed E-state index contributed by atoms with van der Waals surface area (Å²) in [5.74, 6) is 0.227. The summed E-state index contributed by atoms with van der Waals surface area (Å²) in [7, 11) is -3.67. The zero-order valence-electron chi connectivity index (χ0n) is 18.3. The number of H-pyrrole nitrogens is 1. The van der Waals surface area contributed by atoms with Gasteiger partial charge in [0.15, 0.2) is 0 Å². The van der Waals surface area contributed by atoms with Gasteiger partial charge in [-0.05, 0) is 60.7 Å². The number of carbonyl (C=O) groups excluding carboxylic acids is 1. The zero-order chi connectivity index (χ0) is 23.2. The Bertz CT molecular complexity index is 1390. The molecule has 0 saturated heterocycles. The molecule has 3 aromatic rings. The van der Waals surface area contributed by atoms with Crippen molar-refractivity contribution < 1.29 is 13.2 Å². The van der Waals surface area contributed by atoms with E-state index in [0.29, 0.717) is 22.4 Å². The van der Waals surface area contributed by atoms with Crippen LogP contribution in [0.3, 0.4) is 0 Å². The lowest BCUT2D eigenvalue weighted by atomic mass is 9.64. The van der Waals surface area contributed by atoms with Gasteiger partial charge in [0.25, 0.3) is 0 Å². The van der Waals surface area contributed by atoms with Gasteiger partial charge in [0.05, 0.1) is 15.9 Å². The highest BCUT2D eigenvalue weighted by Gasteiger charge is 2.41. The Balaban J connectivity index is 1.37. The van der Waals surface area contributed by atoms with E-state index in [1.165, 1.54) is 0 Å². The molecule has 33 heavy (non-hydrogen) atoms. The van der Waals surface area contributed by atoms with Gasteiger partial charge in [0.1, 0.15) is 5.82 Å². The van der Waals surface area contributed by atoms with Gasteiger partial charge in [0, 0.05) is 23.1 Å². The van der Waals surface area contributed by atoms with Gasteiger partial charge in [-0.1, -0.05) is 37.6 Å². The Morgan fingerprint density at radius 2 is 1.97 bits per heavy atom. The van der Waals surface area contributed by atoms with Gasteiger partial charge in [-0.3, -0.25) is 4.79 Å². The van der Waals surface area contributed by atoms with Gasteiger partial charge in [0.2, 0.25) is 15.9 Å². The van der Waals surface area contributed by atoms with Crippen molar-refractivity contribution in [2.24, 2.45) is 17.1 Å². The normalized spacial score (nSPS) is 24.6. The first-order chi connectivity index (χ1) is 15.7. The standard InChI is InChI=1S/C25H26N4O3S/c1-25-13-3-2-5-19(25)20(6-4-14-25)29-33(31,32)18-10-7-16(8-11-18)24-27-21-12-9-17(23(26)30)15-22(21)28-24/h2-3,5,7-13,15,19-20,29H,4,6,14H2,1H3,(H2,26,30)(H,27,28). The van der Waals surface area contributed by atoms with E-state index in [0.717, 1.165) is 24.8 Å². The molecule has 3 atom stereocenters. The SMILES string of the molecule is CC12C=CC=CC1C(NS(=O)(=O)c1ccc(-c3nc4ccc(C(N)=O)cc4[nH]3)cc1)CCC2. The van der Waals surface area contributed by atoms with E-state index in [9.17, 15) is 13.2 Å². The van der Waals surface area contributed by atoms with Crippen molar-refractivity contribution in [2.75, 3.05) is 0 Å². The second-order valence-electron chi connectivity index (χ2n) is 9.10. The molecule has 2 aliphatic rings. The third-order valence-corrected chi connectivity index (χ3v) is 8.35. The van der Waals surface area contributed by atoms with Crippen LogP contribution in [0.15, 0.2) is 71.7 Å². The van der Waals surface area contributed by atoms with Gasteiger partial charge in [-0.25, -0.2) is 18.1 Å². The number of benzene rings is 2. The molecule has 170 valence electrons. The molecule has 4 N–H and O–H groups in total. The third-order valence-electron chi connectivity index (χ3n) is 6.84. The number of hydrogen-bond acceptors (Lipinski definition) is 4. The molecular formula is C25H26N4O3S. The minimum Gasteiger partial charge on any atom is -0.366 e. The number of sulfonamides is 1. The van der Waals surface area contributed by atoms with Crippen LogP contribution in [0.25, 0.3) is 22.4 Å². The van der Waals surface area contributed by atoms with Crippen LogP contribution in [0.2, 0.25) is 0 Å². The number of fused-ring (bicyclic) bond motifs is 2. The molecule has 1 aromatic heterocycles. The summed E-state index contributed by atoms with van der Waals surface area (Å²) in [5.41, 5.74) is 7.86. The van der Waals surface area contributed by atoms with Crippen molar-refractivity contribution in [3.05, 3.63) is 72.3 Å². The molecule has 0 aliphatic heterocycles. The number of nitrogens with two attached hydrogens (primary N) is 1. The Labute approximate surface area is 192 Å². The number of imidazole rings is 1. The lowest BCUT2D eigenvalue weighted by Crippen LogP contribution is -2.48. The average Bonchev–Trinajstić information content (AvgIpc) is 3.22. The Kier molecular flexibility index (Phi) is 5.22. The van der Waals surface area contributed by atoms with Crippen molar-refractivity contribution in [2.45, 2.75) is 37.1 Å². The molecule has 2 aliphatic carbocycles. The molecule has 1 amide bonds. The van der Waals surface area contributed by atoms with E-state index in [1.54, 1.807) is 42.5 Å². The molecule has 0 spiro atoms. The third kappa shape index (κ3) is 4.00. The van der Waals surface area contributed by atoms with Crippen LogP contribution in [0, 0.1) is 11.3 Å². The average molecular weight is 463 g/mol. The summed E-state index contributed by atoms with van der Waals surface area (Å²) in [6.45, 7) is 2.20. The first kappa shape index (κ1) is 21.6. The molecule has 1 heterocycles. The predicted octanol–water partition coefficient (Wildman–Crippen LogP) is 3.91. The van der Waals surface area contributed by atoms with Crippen LogP contribution in [-0.4, -0.2) is 30.3 Å². The highest BCUT2D eigenvalue weighted by molar-refractivity contribution is 7.89. The predicted molar refractivity (Wildman–Crippen MR) is 128 cm³/mol. The summed E-state index contributed by atoms with van der Waals surface area (Å²) in [6.07, 6.45) is 11.3. The van der Waals surface area contributed by atoms with E-state index >= 15 is 0 Å². The quantitative estimate of drug-likeness (QED) is 0.533. The number of amides is 1. The van der Waals surface area contributed by atoms with Crippen molar-refractivity contribution in [1.29, 1.82) is 0 Å². The molecule has 3 unspecified atom stereocenters. The largest absolute Gasteiger partial charge is 0.366 e. The van der Waals surface area contributed by atoms with Crippen molar-refractivity contribution >= 4 is 27.0 Å².